The van der Waals surface area contributed by atoms with E-state index in [0.29, 0.717) is 18.1 Å². The lowest BCUT2D eigenvalue weighted by molar-refractivity contribution is 0.342. The molecule has 0 aliphatic heterocycles. The number of aromatic amines is 1. The molecule has 0 bridgehead atoms. The van der Waals surface area contributed by atoms with E-state index in [1.807, 2.05) is 31.2 Å². The summed E-state index contributed by atoms with van der Waals surface area (Å²) in [5, 5.41) is 10.8. The Morgan fingerprint density at radius 3 is 3.00 bits per heavy atom. The van der Waals surface area contributed by atoms with Gasteiger partial charge >= 0.3 is 0 Å². The van der Waals surface area contributed by atoms with Crippen LogP contribution in [0, 0.1) is 0 Å². The number of H-pyrrole nitrogens is 1. The number of rotatable bonds is 4. The Hall–Kier alpha value is -2.34. The molecule has 102 valence electrons. The van der Waals surface area contributed by atoms with Crippen LogP contribution < -0.4 is 10.1 Å². The fourth-order valence-electron chi connectivity index (χ4n) is 1.88. The molecule has 2 N–H and O–H groups in total. The maximum Gasteiger partial charge on any atom is 0.226 e. The lowest BCUT2D eigenvalue weighted by Crippen LogP contribution is -2.00. The molecule has 0 fully saturated rings. The molecule has 0 atom stereocenters. The molecule has 2 heterocycles. The van der Waals surface area contributed by atoms with Gasteiger partial charge in [0.2, 0.25) is 5.28 Å². The van der Waals surface area contributed by atoms with E-state index in [2.05, 4.69) is 25.5 Å². The van der Waals surface area contributed by atoms with Crippen molar-refractivity contribution in [3.8, 4) is 5.75 Å². The normalized spacial score (nSPS) is 10.7. The number of hydrogen-bond donors (Lipinski definition) is 2. The number of para-hydroxylation sites is 2. The third-order valence-corrected chi connectivity index (χ3v) is 2.89. The number of ether oxygens (including phenoxy) is 1. The maximum atomic E-state index is 5.91. The first kappa shape index (κ1) is 12.7. The van der Waals surface area contributed by atoms with Crippen molar-refractivity contribution in [2.75, 3.05) is 11.9 Å². The molecule has 0 unspecified atom stereocenters. The van der Waals surface area contributed by atoms with Gasteiger partial charge in [0.05, 0.1) is 23.9 Å². The van der Waals surface area contributed by atoms with E-state index in [4.69, 9.17) is 16.3 Å². The highest BCUT2D eigenvalue weighted by Crippen LogP contribution is 2.29. The molecule has 20 heavy (non-hydrogen) atoms. The van der Waals surface area contributed by atoms with Crippen molar-refractivity contribution in [1.82, 2.24) is 20.2 Å². The Bertz CT molecular complexity index is 742. The molecule has 1 aromatic carbocycles. The molecule has 3 rings (SSSR count). The summed E-state index contributed by atoms with van der Waals surface area (Å²) < 4.78 is 5.57. The average Bonchev–Trinajstić information content (AvgIpc) is 2.89. The number of nitrogens with zero attached hydrogens (tertiary/aromatic N) is 3. The number of nitrogens with one attached hydrogen (secondary N) is 2. The van der Waals surface area contributed by atoms with Crippen LogP contribution in [0.4, 0.5) is 11.5 Å². The first-order valence-corrected chi connectivity index (χ1v) is 6.51. The molecular formula is C13H12ClN5O. The van der Waals surface area contributed by atoms with Gasteiger partial charge in [0, 0.05) is 0 Å². The second-order valence-corrected chi connectivity index (χ2v) is 4.37. The summed E-state index contributed by atoms with van der Waals surface area (Å²) in [6.45, 7) is 2.52. The highest BCUT2D eigenvalue weighted by atomic mass is 35.5. The third-order valence-electron chi connectivity index (χ3n) is 2.72. The summed E-state index contributed by atoms with van der Waals surface area (Å²) in [6.07, 6.45) is 1.65. The van der Waals surface area contributed by atoms with Crippen LogP contribution in [0.3, 0.4) is 0 Å². The van der Waals surface area contributed by atoms with Gasteiger partial charge in [0.15, 0.2) is 5.65 Å². The maximum absolute atomic E-state index is 5.91. The molecule has 0 saturated carbocycles. The number of anilines is 2. The highest BCUT2D eigenvalue weighted by molar-refractivity contribution is 6.28. The Kier molecular flexibility index (Phi) is 3.39. The quantitative estimate of drug-likeness (QED) is 0.722. The molecule has 2 aromatic heterocycles. The summed E-state index contributed by atoms with van der Waals surface area (Å²) >= 11 is 5.91. The van der Waals surface area contributed by atoms with Crippen LogP contribution in [0.2, 0.25) is 5.28 Å². The first-order chi connectivity index (χ1) is 9.78. The van der Waals surface area contributed by atoms with Crippen molar-refractivity contribution in [2.45, 2.75) is 6.92 Å². The van der Waals surface area contributed by atoms with Crippen LogP contribution in [0.1, 0.15) is 6.92 Å². The van der Waals surface area contributed by atoms with E-state index in [1.54, 1.807) is 6.20 Å². The zero-order chi connectivity index (χ0) is 13.9. The van der Waals surface area contributed by atoms with Crippen molar-refractivity contribution < 1.29 is 4.74 Å². The molecule has 0 aliphatic carbocycles. The Morgan fingerprint density at radius 2 is 2.15 bits per heavy atom. The summed E-state index contributed by atoms with van der Waals surface area (Å²) in [5.41, 5.74) is 1.40. The molecule has 7 heteroatoms. The Morgan fingerprint density at radius 1 is 1.30 bits per heavy atom. The highest BCUT2D eigenvalue weighted by Gasteiger charge is 2.10. The monoisotopic (exact) mass is 289 g/mol. The van der Waals surface area contributed by atoms with E-state index < -0.39 is 0 Å². The number of aromatic nitrogens is 4. The van der Waals surface area contributed by atoms with Crippen molar-refractivity contribution in [1.29, 1.82) is 0 Å². The van der Waals surface area contributed by atoms with Crippen LogP contribution in [0.25, 0.3) is 11.0 Å². The van der Waals surface area contributed by atoms with Gasteiger partial charge in [-0.3, -0.25) is 5.10 Å². The number of halogens is 1. The van der Waals surface area contributed by atoms with Crippen LogP contribution in [0.5, 0.6) is 5.75 Å². The fourth-order valence-corrected chi connectivity index (χ4v) is 2.05. The molecule has 0 radical (unpaired) electrons. The molecule has 0 amide bonds. The summed E-state index contributed by atoms with van der Waals surface area (Å²) in [6, 6.07) is 7.63. The first-order valence-electron chi connectivity index (χ1n) is 6.13. The van der Waals surface area contributed by atoms with Gasteiger partial charge in [-0.05, 0) is 30.7 Å². The van der Waals surface area contributed by atoms with Crippen LogP contribution >= 0.6 is 11.6 Å². The Balaban J connectivity index is 2.03. The van der Waals surface area contributed by atoms with Crippen molar-refractivity contribution >= 4 is 34.1 Å². The SMILES string of the molecule is CCOc1ccccc1Nc1nc(Cl)nc2[nH]ncc12. The third kappa shape index (κ3) is 2.37. The van der Waals surface area contributed by atoms with Gasteiger partial charge in [-0.15, -0.1) is 0 Å². The average molecular weight is 290 g/mol. The molecule has 0 saturated heterocycles. The lowest BCUT2D eigenvalue weighted by Gasteiger charge is -2.12. The Labute approximate surface area is 120 Å². The summed E-state index contributed by atoms with van der Waals surface area (Å²) in [4.78, 5) is 8.26. The van der Waals surface area contributed by atoms with Gasteiger partial charge in [-0.1, -0.05) is 12.1 Å². The lowest BCUT2D eigenvalue weighted by atomic mass is 10.3. The van der Waals surface area contributed by atoms with Crippen LogP contribution in [-0.2, 0) is 0 Å². The van der Waals surface area contributed by atoms with Crippen molar-refractivity contribution in [3.05, 3.63) is 35.7 Å². The minimum Gasteiger partial charge on any atom is -0.492 e. The predicted molar refractivity (Wildman–Crippen MR) is 77.6 cm³/mol. The van der Waals surface area contributed by atoms with Gasteiger partial charge in [-0.25, -0.2) is 0 Å². The minimum absolute atomic E-state index is 0.151. The summed E-state index contributed by atoms with van der Waals surface area (Å²) in [5.74, 6) is 1.34. The second kappa shape index (κ2) is 5.34. The second-order valence-electron chi connectivity index (χ2n) is 4.03. The van der Waals surface area contributed by atoms with E-state index in [0.717, 1.165) is 16.8 Å². The molecule has 6 nitrogen and oxygen atoms in total. The van der Waals surface area contributed by atoms with E-state index in [-0.39, 0.29) is 5.28 Å². The largest absolute Gasteiger partial charge is 0.492 e. The summed E-state index contributed by atoms with van der Waals surface area (Å²) in [7, 11) is 0. The van der Waals surface area contributed by atoms with E-state index >= 15 is 0 Å². The smallest absolute Gasteiger partial charge is 0.226 e. The van der Waals surface area contributed by atoms with E-state index in [9.17, 15) is 0 Å². The van der Waals surface area contributed by atoms with Crippen LogP contribution in [0.15, 0.2) is 30.5 Å². The van der Waals surface area contributed by atoms with Crippen LogP contribution in [-0.4, -0.2) is 26.8 Å². The molecule has 0 spiro atoms. The van der Waals surface area contributed by atoms with Gasteiger partial charge in [0.25, 0.3) is 0 Å². The van der Waals surface area contributed by atoms with Gasteiger partial charge in [-0.2, -0.15) is 15.1 Å². The van der Waals surface area contributed by atoms with Gasteiger partial charge in [0.1, 0.15) is 11.6 Å². The van der Waals surface area contributed by atoms with Gasteiger partial charge < -0.3 is 10.1 Å². The molecule has 0 aliphatic rings. The van der Waals surface area contributed by atoms with E-state index in [1.165, 1.54) is 0 Å². The molecular weight excluding hydrogens is 278 g/mol. The zero-order valence-corrected chi connectivity index (χ0v) is 11.5. The fraction of sp³-hybridized carbons (Fsp3) is 0.154. The topological polar surface area (TPSA) is 75.7 Å². The zero-order valence-electron chi connectivity index (χ0n) is 10.7. The van der Waals surface area contributed by atoms with Crippen molar-refractivity contribution in [2.24, 2.45) is 0 Å². The minimum atomic E-state index is 0.151. The number of hydrogen-bond acceptors (Lipinski definition) is 5. The van der Waals surface area contributed by atoms with Crippen molar-refractivity contribution in [3.63, 3.8) is 0 Å². The number of fused-ring (bicyclic) bond motifs is 1. The predicted octanol–water partition coefficient (Wildman–Crippen LogP) is 3.15. The molecule has 3 aromatic rings. The number of benzene rings is 1. The standard InChI is InChI=1S/C13H12ClN5O/c1-2-20-10-6-4-3-5-9(10)16-11-8-7-15-19-12(8)18-13(14)17-11/h3-7H,2H2,1H3,(H2,15,16,17,18,19).